The Bertz CT molecular complexity index is 189. The predicted octanol–water partition coefficient (Wildman–Crippen LogP) is 1.62. The average molecular weight is 283 g/mol. The van der Waals surface area contributed by atoms with Crippen LogP contribution >= 0.6 is 11.6 Å². The van der Waals surface area contributed by atoms with Crippen molar-refractivity contribution in [2.75, 3.05) is 52.1 Å². The van der Waals surface area contributed by atoms with Gasteiger partial charge in [-0.2, -0.15) is 0 Å². The van der Waals surface area contributed by atoms with E-state index in [4.69, 9.17) is 30.5 Å². The van der Waals surface area contributed by atoms with Crippen molar-refractivity contribution in [3.8, 4) is 0 Å². The number of alkyl halides is 1. The van der Waals surface area contributed by atoms with Gasteiger partial charge in [0.1, 0.15) is 6.61 Å². The third-order valence-electron chi connectivity index (χ3n) is 1.91. The van der Waals surface area contributed by atoms with Crippen LogP contribution < -0.4 is 0 Å². The Morgan fingerprint density at radius 2 is 1.39 bits per heavy atom. The van der Waals surface area contributed by atoms with Crippen molar-refractivity contribution in [2.24, 2.45) is 0 Å². The van der Waals surface area contributed by atoms with Gasteiger partial charge < -0.3 is 18.9 Å². The highest BCUT2D eigenvalue weighted by molar-refractivity contribution is 6.17. The molecular formula is C12H23ClO5. The third kappa shape index (κ3) is 13.7. The number of rotatable bonds is 13. The lowest BCUT2D eigenvalue weighted by Crippen LogP contribution is -2.14. The highest BCUT2D eigenvalue weighted by Gasteiger charge is 1.99. The Kier molecular flexibility index (Phi) is 14.4. The highest BCUT2D eigenvalue weighted by atomic mass is 35.5. The number of hydrogen-bond acceptors (Lipinski definition) is 5. The summed E-state index contributed by atoms with van der Waals surface area (Å²) in [4.78, 5) is 11.0. The molecule has 0 aliphatic rings. The summed E-state index contributed by atoms with van der Waals surface area (Å²) in [5.41, 5.74) is 0. The largest absolute Gasteiger partial charge is 0.463 e. The zero-order valence-electron chi connectivity index (χ0n) is 11.0. The summed E-state index contributed by atoms with van der Waals surface area (Å²) >= 11 is 5.43. The Morgan fingerprint density at radius 3 is 1.89 bits per heavy atom. The lowest BCUT2D eigenvalue weighted by molar-refractivity contribution is -0.145. The number of ether oxygens (including phenoxy) is 4. The fraction of sp³-hybridized carbons (Fsp3) is 0.917. The van der Waals surface area contributed by atoms with Crippen LogP contribution in [0.4, 0.5) is 0 Å². The van der Waals surface area contributed by atoms with Gasteiger partial charge in [-0.05, 0) is 6.42 Å². The van der Waals surface area contributed by atoms with E-state index < -0.39 is 0 Å². The summed E-state index contributed by atoms with van der Waals surface area (Å²) in [7, 11) is 0. The Balaban J connectivity index is 3.01. The standard InChI is InChI=1S/C12H23ClO5/c1-2-3-12(14)18-11-10-17-9-8-16-7-6-15-5-4-13/h2-11H2,1H3. The lowest BCUT2D eigenvalue weighted by Gasteiger charge is -2.06. The van der Waals surface area contributed by atoms with Crippen LogP contribution in [0.15, 0.2) is 0 Å². The Hall–Kier alpha value is -0.360. The first-order valence-corrected chi connectivity index (χ1v) is 6.79. The molecule has 0 heterocycles. The van der Waals surface area contributed by atoms with Crippen LogP contribution in [-0.2, 0) is 23.7 Å². The molecule has 0 saturated carbocycles. The molecule has 0 atom stereocenters. The molecule has 0 amide bonds. The molecule has 0 fully saturated rings. The molecule has 0 N–H and O–H groups in total. The van der Waals surface area contributed by atoms with E-state index in [1.165, 1.54) is 0 Å². The van der Waals surface area contributed by atoms with Crippen LogP contribution in [0.3, 0.4) is 0 Å². The van der Waals surface area contributed by atoms with Gasteiger partial charge in [0.25, 0.3) is 0 Å². The molecule has 0 radical (unpaired) electrons. The normalized spacial score (nSPS) is 10.6. The molecule has 0 aromatic heterocycles. The van der Waals surface area contributed by atoms with Crippen molar-refractivity contribution in [1.82, 2.24) is 0 Å². The molecule has 0 aliphatic carbocycles. The zero-order valence-corrected chi connectivity index (χ0v) is 11.7. The quantitative estimate of drug-likeness (QED) is 0.292. The van der Waals surface area contributed by atoms with Crippen molar-refractivity contribution in [3.63, 3.8) is 0 Å². The van der Waals surface area contributed by atoms with Crippen LogP contribution in [0.1, 0.15) is 19.8 Å². The van der Waals surface area contributed by atoms with Gasteiger partial charge in [0, 0.05) is 12.3 Å². The van der Waals surface area contributed by atoms with Gasteiger partial charge in [-0.1, -0.05) is 6.92 Å². The molecule has 0 aromatic carbocycles. The van der Waals surface area contributed by atoms with Gasteiger partial charge in [0.15, 0.2) is 0 Å². The van der Waals surface area contributed by atoms with Crippen LogP contribution in [0.25, 0.3) is 0 Å². The topological polar surface area (TPSA) is 54.0 Å². The summed E-state index contributed by atoms with van der Waals surface area (Å²) in [6.45, 7) is 5.26. The third-order valence-corrected chi connectivity index (χ3v) is 2.06. The van der Waals surface area contributed by atoms with Crippen molar-refractivity contribution in [3.05, 3.63) is 0 Å². The average Bonchev–Trinajstić information content (AvgIpc) is 2.36. The molecule has 0 rings (SSSR count). The Labute approximate surface area is 114 Å². The predicted molar refractivity (Wildman–Crippen MR) is 69.0 cm³/mol. The summed E-state index contributed by atoms with van der Waals surface area (Å²) in [5.74, 6) is 0.327. The molecular weight excluding hydrogens is 260 g/mol. The number of halogens is 1. The summed E-state index contributed by atoms with van der Waals surface area (Å²) in [5, 5.41) is 0. The van der Waals surface area contributed by atoms with E-state index in [2.05, 4.69) is 0 Å². The van der Waals surface area contributed by atoms with Crippen LogP contribution in [0.2, 0.25) is 0 Å². The second kappa shape index (κ2) is 14.7. The van der Waals surface area contributed by atoms with Crippen LogP contribution in [0, 0.1) is 0 Å². The second-order valence-corrected chi connectivity index (χ2v) is 3.87. The van der Waals surface area contributed by atoms with E-state index in [9.17, 15) is 4.79 Å². The van der Waals surface area contributed by atoms with E-state index in [-0.39, 0.29) is 5.97 Å². The molecule has 18 heavy (non-hydrogen) atoms. The van der Waals surface area contributed by atoms with E-state index >= 15 is 0 Å². The minimum Gasteiger partial charge on any atom is -0.463 e. The van der Waals surface area contributed by atoms with Gasteiger partial charge in [-0.15, -0.1) is 11.6 Å². The van der Waals surface area contributed by atoms with Gasteiger partial charge in [-0.25, -0.2) is 0 Å². The summed E-state index contributed by atoms with van der Waals surface area (Å²) in [6, 6.07) is 0. The van der Waals surface area contributed by atoms with Crippen molar-refractivity contribution >= 4 is 17.6 Å². The molecule has 0 aliphatic heterocycles. The maximum atomic E-state index is 11.0. The van der Waals surface area contributed by atoms with Crippen molar-refractivity contribution in [2.45, 2.75) is 19.8 Å². The first kappa shape index (κ1) is 17.6. The zero-order chi connectivity index (χ0) is 13.5. The smallest absolute Gasteiger partial charge is 0.305 e. The molecule has 0 unspecified atom stereocenters. The SMILES string of the molecule is CCCC(=O)OCCOCCOCCOCCCl. The van der Waals surface area contributed by atoms with E-state index in [0.29, 0.717) is 58.5 Å². The second-order valence-electron chi connectivity index (χ2n) is 3.50. The minimum absolute atomic E-state index is 0.172. The minimum atomic E-state index is -0.172. The molecule has 0 aromatic rings. The summed E-state index contributed by atoms with van der Waals surface area (Å²) < 4.78 is 20.5. The Morgan fingerprint density at radius 1 is 0.889 bits per heavy atom. The van der Waals surface area contributed by atoms with Crippen molar-refractivity contribution < 1.29 is 23.7 Å². The number of carbonyl (C=O) groups is 1. The molecule has 0 spiro atoms. The fourth-order valence-corrected chi connectivity index (χ4v) is 1.20. The monoisotopic (exact) mass is 282 g/mol. The molecule has 0 bridgehead atoms. The van der Waals surface area contributed by atoms with E-state index in [1.807, 2.05) is 6.92 Å². The molecule has 108 valence electrons. The fourth-order valence-electron chi connectivity index (χ4n) is 1.09. The maximum absolute atomic E-state index is 11.0. The molecule has 0 saturated heterocycles. The number of hydrogen-bond donors (Lipinski definition) is 0. The lowest BCUT2D eigenvalue weighted by atomic mass is 10.3. The van der Waals surface area contributed by atoms with Gasteiger partial charge in [0.2, 0.25) is 0 Å². The van der Waals surface area contributed by atoms with Gasteiger partial charge in [-0.3, -0.25) is 4.79 Å². The number of esters is 1. The summed E-state index contributed by atoms with van der Waals surface area (Å²) in [6.07, 6.45) is 1.27. The number of carbonyl (C=O) groups excluding carboxylic acids is 1. The van der Waals surface area contributed by atoms with E-state index in [0.717, 1.165) is 6.42 Å². The van der Waals surface area contributed by atoms with Gasteiger partial charge in [0.05, 0.1) is 39.6 Å². The van der Waals surface area contributed by atoms with E-state index in [1.54, 1.807) is 0 Å². The molecule has 5 nitrogen and oxygen atoms in total. The highest BCUT2D eigenvalue weighted by Crippen LogP contribution is 1.91. The van der Waals surface area contributed by atoms with Crippen LogP contribution in [0.5, 0.6) is 0 Å². The first-order valence-electron chi connectivity index (χ1n) is 6.26. The van der Waals surface area contributed by atoms with Crippen molar-refractivity contribution in [1.29, 1.82) is 0 Å². The van der Waals surface area contributed by atoms with Crippen LogP contribution in [-0.4, -0.2) is 58.1 Å². The van der Waals surface area contributed by atoms with Gasteiger partial charge >= 0.3 is 5.97 Å². The molecule has 6 heteroatoms. The first-order chi connectivity index (χ1) is 8.81. The maximum Gasteiger partial charge on any atom is 0.305 e.